The summed E-state index contributed by atoms with van der Waals surface area (Å²) >= 11 is 0. The number of nitrogens with two attached hydrogens (primary N) is 1. The molecule has 3 N–H and O–H groups in total. The minimum absolute atomic E-state index is 0.0742. The first-order chi connectivity index (χ1) is 16.5. The van der Waals surface area contributed by atoms with Gasteiger partial charge < -0.3 is 29.6 Å². The maximum atomic E-state index is 12.4. The maximum absolute atomic E-state index is 12.4. The Hall–Kier alpha value is -3.54. The number of hydrogen-bond donors (Lipinski definition) is 2. The monoisotopic (exact) mass is 469 g/mol. The first-order valence-corrected chi connectivity index (χ1v) is 11.0. The first-order valence-electron chi connectivity index (χ1n) is 11.0. The number of unbranched alkanes of at least 4 members (excludes halogenated alkanes) is 1. The van der Waals surface area contributed by atoms with E-state index in [0.717, 1.165) is 19.4 Å². The van der Waals surface area contributed by atoms with Crippen LogP contribution in [0.4, 0.5) is 5.82 Å². The standard InChI is InChI=1S/C23H27N5O6/c24-18-8-11-28(23(31)26-18)21-20(32-13-5-4-10-27-12-9-25-15-27)19(29)17(34-21)14-33-22(30)16-6-2-1-3-7-16/h1-3,6-9,11-12,15,17,19-21,29H,4-5,10,13-14H2,(H2,24,26,31)/t17-,19-,20-,21-/m1/s1. The quantitative estimate of drug-likeness (QED) is 0.328. The van der Waals surface area contributed by atoms with Gasteiger partial charge in [0.2, 0.25) is 0 Å². The van der Waals surface area contributed by atoms with E-state index in [9.17, 15) is 14.7 Å². The van der Waals surface area contributed by atoms with E-state index in [1.807, 2.05) is 10.8 Å². The van der Waals surface area contributed by atoms with E-state index in [-0.39, 0.29) is 12.4 Å². The Morgan fingerprint density at radius 2 is 2.00 bits per heavy atom. The number of imidazole rings is 1. The number of rotatable bonds is 10. The van der Waals surface area contributed by atoms with Gasteiger partial charge in [-0.15, -0.1) is 0 Å². The molecule has 1 aliphatic rings. The number of carbonyl (C=O) groups is 1. The molecule has 1 aliphatic heterocycles. The zero-order chi connectivity index (χ0) is 23.9. The molecule has 11 nitrogen and oxygen atoms in total. The molecular formula is C23H27N5O6. The number of hydrogen-bond acceptors (Lipinski definition) is 9. The number of aryl methyl sites for hydroxylation is 1. The predicted octanol–water partition coefficient (Wildman–Crippen LogP) is 1.00. The van der Waals surface area contributed by atoms with E-state index < -0.39 is 36.2 Å². The lowest BCUT2D eigenvalue weighted by Crippen LogP contribution is -2.38. The molecule has 4 atom stereocenters. The van der Waals surface area contributed by atoms with Crippen LogP contribution in [0.5, 0.6) is 0 Å². The van der Waals surface area contributed by atoms with Crippen molar-refractivity contribution in [2.45, 2.75) is 43.9 Å². The number of carbonyl (C=O) groups excluding carboxylic acids is 1. The molecule has 2 aromatic heterocycles. The summed E-state index contributed by atoms with van der Waals surface area (Å²) in [7, 11) is 0. The van der Waals surface area contributed by atoms with Crippen molar-refractivity contribution in [3.8, 4) is 0 Å². The largest absolute Gasteiger partial charge is 0.459 e. The zero-order valence-corrected chi connectivity index (χ0v) is 18.5. The van der Waals surface area contributed by atoms with Crippen molar-refractivity contribution in [1.82, 2.24) is 19.1 Å². The minimum atomic E-state index is -1.13. The summed E-state index contributed by atoms with van der Waals surface area (Å²) in [5.41, 5.74) is 5.35. The van der Waals surface area contributed by atoms with Gasteiger partial charge in [0.1, 0.15) is 30.7 Å². The number of aliphatic hydroxyl groups excluding tert-OH is 1. The highest BCUT2D eigenvalue weighted by atomic mass is 16.6. The molecule has 4 rings (SSSR count). The van der Waals surface area contributed by atoms with E-state index >= 15 is 0 Å². The fourth-order valence-electron chi connectivity index (χ4n) is 3.73. The number of esters is 1. The molecule has 180 valence electrons. The molecular weight excluding hydrogens is 442 g/mol. The van der Waals surface area contributed by atoms with Crippen molar-refractivity contribution in [2.24, 2.45) is 0 Å². The Labute approximate surface area is 195 Å². The van der Waals surface area contributed by atoms with Crippen molar-refractivity contribution < 1.29 is 24.1 Å². The summed E-state index contributed by atoms with van der Waals surface area (Å²) in [4.78, 5) is 32.4. The molecule has 0 aliphatic carbocycles. The van der Waals surface area contributed by atoms with Crippen LogP contribution in [-0.4, -0.2) is 61.7 Å². The normalized spacial score (nSPS) is 22.0. The van der Waals surface area contributed by atoms with Crippen LogP contribution in [0.1, 0.15) is 29.4 Å². The molecule has 1 aromatic carbocycles. The molecule has 34 heavy (non-hydrogen) atoms. The predicted molar refractivity (Wildman–Crippen MR) is 121 cm³/mol. The van der Waals surface area contributed by atoms with Gasteiger partial charge in [-0.25, -0.2) is 14.6 Å². The van der Waals surface area contributed by atoms with Gasteiger partial charge in [-0.05, 0) is 31.0 Å². The van der Waals surface area contributed by atoms with E-state index in [2.05, 4.69) is 9.97 Å². The second-order valence-electron chi connectivity index (χ2n) is 7.91. The molecule has 1 saturated heterocycles. The fourth-order valence-corrected chi connectivity index (χ4v) is 3.73. The number of aromatic nitrogens is 4. The highest BCUT2D eigenvalue weighted by Crippen LogP contribution is 2.31. The van der Waals surface area contributed by atoms with E-state index in [0.29, 0.717) is 12.2 Å². The number of nitrogen functional groups attached to an aromatic ring is 1. The Kier molecular flexibility index (Phi) is 7.68. The van der Waals surface area contributed by atoms with E-state index in [4.69, 9.17) is 19.9 Å². The number of benzene rings is 1. The summed E-state index contributed by atoms with van der Waals surface area (Å²) in [6.45, 7) is 0.920. The molecule has 1 fully saturated rings. The van der Waals surface area contributed by atoms with Crippen LogP contribution in [0.25, 0.3) is 0 Å². The SMILES string of the molecule is Nc1ccn([C@@H]2O[C@H](COC(=O)c3ccccc3)[C@@H](O)[C@H]2OCCCCn2ccnc2)c(=O)n1. The second-order valence-corrected chi connectivity index (χ2v) is 7.91. The van der Waals surface area contributed by atoms with E-state index in [1.165, 1.54) is 16.8 Å². The highest BCUT2D eigenvalue weighted by Gasteiger charge is 2.46. The van der Waals surface area contributed by atoms with Crippen LogP contribution in [0.15, 0.2) is 66.1 Å². The molecule has 3 heterocycles. The first kappa shape index (κ1) is 23.6. The topological polar surface area (TPSA) is 144 Å². The van der Waals surface area contributed by atoms with Crippen molar-refractivity contribution in [1.29, 1.82) is 0 Å². The summed E-state index contributed by atoms with van der Waals surface area (Å²) in [6, 6.07) is 9.97. The van der Waals surface area contributed by atoms with Crippen LogP contribution >= 0.6 is 0 Å². The van der Waals surface area contributed by atoms with Crippen molar-refractivity contribution >= 4 is 11.8 Å². The minimum Gasteiger partial charge on any atom is -0.459 e. The average Bonchev–Trinajstić information content (AvgIpc) is 3.46. The van der Waals surface area contributed by atoms with Gasteiger partial charge in [-0.2, -0.15) is 4.98 Å². The van der Waals surface area contributed by atoms with Crippen LogP contribution in [0, 0.1) is 0 Å². The van der Waals surface area contributed by atoms with Crippen LogP contribution in [0.3, 0.4) is 0 Å². The van der Waals surface area contributed by atoms with Gasteiger partial charge in [0.05, 0.1) is 11.9 Å². The summed E-state index contributed by atoms with van der Waals surface area (Å²) < 4.78 is 20.4. The lowest BCUT2D eigenvalue weighted by molar-refractivity contribution is -0.0761. The van der Waals surface area contributed by atoms with Crippen molar-refractivity contribution in [2.75, 3.05) is 18.9 Å². The van der Waals surface area contributed by atoms with Gasteiger partial charge in [-0.3, -0.25) is 4.57 Å². The zero-order valence-electron chi connectivity index (χ0n) is 18.5. The van der Waals surface area contributed by atoms with E-state index in [1.54, 1.807) is 42.9 Å². The molecule has 0 radical (unpaired) electrons. The van der Waals surface area contributed by atoms with Crippen molar-refractivity contribution in [3.63, 3.8) is 0 Å². The third-order valence-electron chi connectivity index (χ3n) is 5.51. The highest BCUT2D eigenvalue weighted by molar-refractivity contribution is 5.89. The molecule has 0 bridgehead atoms. The summed E-state index contributed by atoms with van der Waals surface area (Å²) in [5, 5.41) is 10.9. The third-order valence-corrected chi connectivity index (χ3v) is 5.51. The summed E-state index contributed by atoms with van der Waals surface area (Å²) in [6.07, 6.45) is 4.50. The fraction of sp³-hybridized carbons (Fsp3) is 0.391. The number of nitrogens with zero attached hydrogens (tertiary/aromatic N) is 4. The Bertz CT molecular complexity index is 1120. The van der Waals surface area contributed by atoms with Crippen LogP contribution in [-0.2, 0) is 20.8 Å². The molecule has 0 unspecified atom stereocenters. The van der Waals surface area contributed by atoms with Gasteiger partial charge in [0.25, 0.3) is 0 Å². The summed E-state index contributed by atoms with van der Waals surface area (Å²) in [5.74, 6) is -0.465. The lowest BCUT2D eigenvalue weighted by Gasteiger charge is -2.22. The molecule has 3 aromatic rings. The lowest BCUT2D eigenvalue weighted by atomic mass is 10.1. The van der Waals surface area contributed by atoms with Gasteiger partial charge >= 0.3 is 11.7 Å². The molecule has 0 saturated carbocycles. The number of anilines is 1. The van der Waals surface area contributed by atoms with Gasteiger partial charge in [0, 0.05) is 31.7 Å². The Balaban J connectivity index is 1.40. The second kappa shape index (κ2) is 11.1. The Morgan fingerprint density at radius 3 is 2.74 bits per heavy atom. The maximum Gasteiger partial charge on any atom is 0.351 e. The number of aliphatic hydroxyl groups is 1. The van der Waals surface area contributed by atoms with Crippen molar-refractivity contribution in [3.05, 3.63) is 77.4 Å². The average molecular weight is 469 g/mol. The van der Waals surface area contributed by atoms with Gasteiger partial charge in [-0.1, -0.05) is 18.2 Å². The molecule has 0 spiro atoms. The Morgan fingerprint density at radius 1 is 1.18 bits per heavy atom. The molecule has 11 heteroatoms. The molecule has 0 amide bonds. The van der Waals surface area contributed by atoms with Crippen LogP contribution < -0.4 is 11.4 Å². The number of ether oxygens (including phenoxy) is 3. The smallest absolute Gasteiger partial charge is 0.351 e. The third kappa shape index (κ3) is 5.68. The van der Waals surface area contributed by atoms with Crippen LogP contribution in [0.2, 0.25) is 0 Å². The van der Waals surface area contributed by atoms with Gasteiger partial charge in [0.15, 0.2) is 6.23 Å².